The number of esters is 1. The fourth-order valence-corrected chi connectivity index (χ4v) is 5.97. The lowest BCUT2D eigenvalue weighted by molar-refractivity contribution is -0.149. The minimum atomic E-state index is -0.992. The van der Waals surface area contributed by atoms with Crippen LogP contribution >= 0.6 is 11.3 Å². The molecule has 1 aromatic rings. The Bertz CT molecular complexity index is 957. The number of methoxy groups -OCH3 is 1. The van der Waals surface area contributed by atoms with Crippen molar-refractivity contribution in [1.29, 1.82) is 0 Å². The van der Waals surface area contributed by atoms with Crippen molar-refractivity contribution in [3.8, 4) is 0 Å². The molecule has 1 aliphatic rings. The summed E-state index contributed by atoms with van der Waals surface area (Å²) in [6.07, 6.45) is 5.75. The number of likely N-dealkylation sites (N-methyl/N-ethyl adjacent to an activating group) is 1. The van der Waals surface area contributed by atoms with Crippen LogP contribution < -0.4 is 5.32 Å². The molecule has 2 rings (SSSR count). The summed E-state index contributed by atoms with van der Waals surface area (Å²) in [5.41, 5.74) is 0.145. The molecule has 1 saturated heterocycles. The van der Waals surface area contributed by atoms with E-state index in [4.69, 9.17) is 9.47 Å². The zero-order chi connectivity index (χ0) is 30.5. The summed E-state index contributed by atoms with van der Waals surface area (Å²) in [6, 6.07) is -1.36. The van der Waals surface area contributed by atoms with Crippen molar-refractivity contribution in [2.24, 2.45) is 11.8 Å². The van der Waals surface area contributed by atoms with E-state index in [0.717, 1.165) is 45.1 Å². The Hall–Kier alpha value is -2.08. The number of likely N-dealkylation sites (tertiary alicyclic amines) is 1. The molecule has 11 heteroatoms. The molecule has 2 amide bonds. The maximum atomic E-state index is 14.3. The zero-order valence-electron chi connectivity index (χ0n) is 26.1. The van der Waals surface area contributed by atoms with Gasteiger partial charge in [-0.1, -0.05) is 60.3 Å². The maximum Gasteiger partial charge on any atom is 0.357 e. The van der Waals surface area contributed by atoms with Crippen molar-refractivity contribution in [2.45, 2.75) is 110 Å². The minimum Gasteiger partial charge on any atom is -0.464 e. The van der Waals surface area contributed by atoms with Gasteiger partial charge in [0.25, 0.3) is 0 Å². The standard InChI is InChI=1S/C30H52N4O6S/c1-8-10-13-16-40-19-34(24(20(3)4)17-25(35)28-31-22(18-41-28)30(38)39-7)29(37)26(21(5)9-2)32-27(36)23-14-11-12-15-33(23)6/h18,20-21,23-26,35H,8-17,19H2,1-7H3,(H,32,36)/t21-,23+,24+,25-,26?/m0/s1. The molecule has 2 heterocycles. The van der Waals surface area contributed by atoms with Crippen molar-refractivity contribution in [3.63, 3.8) is 0 Å². The quantitative estimate of drug-likeness (QED) is 0.154. The Morgan fingerprint density at radius 1 is 1.22 bits per heavy atom. The number of aliphatic hydroxyl groups excluding tert-OH is 1. The second-order valence-corrected chi connectivity index (χ2v) is 12.4. The smallest absolute Gasteiger partial charge is 0.357 e. The Labute approximate surface area is 250 Å². The van der Waals surface area contributed by atoms with Crippen LogP contribution in [0.1, 0.15) is 108 Å². The number of piperidine rings is 1. The summed E-state index contributed by atoms with van der Waals surface area (Å²) in [6.45, 7) is 11.6. The Morgan fingerprint density at radius 3 is 2.56 bits per heavy atom. The number of ether oxygens (including phenoxy) is 2. The van der Waals surface area contributed by atoms with Gasteiger partial charge >= 0.3 is 5.97 Å². The van der Waals surface area contributed by atoms with Gasteiger partial charge in [0.05, 0.1) is 13.2 Å². The van der Waals surface area contributed by atoms with Crippen molar-refractivity contribution < 1.29 is 29.0 Å². The number of hydrogen-bond acceptors (Lipinski definition) is 9. The topological polar surface area (TPSA) is 121 Å². The molecule has 0 bridgehead atoms. The fourth-order valence-electron chi connectivity index (χ4n) is 5.19. The van der Waals surface area contributed by atoms with Crippen molar-refractivity contribution in [3.05, 3.63) is 16.1 Å². The third-order valence-corrected chi connectivity index (χ3v) is 9.04. The maximum absolute atomic E-state index is 14.3. The number of aliphatic hydroxyl groups is 1. The van der Waals surface area contributed by atoms with Gasteiger partial charge in [-0.2, -0.15) is 0 Å². The predicted octanol–water partition coefficient (Wildman–Crippen LogP) is 4.39. The van der Waals surface area contributed by atoms with Crippen molar-refractivity contribution in [2.75, 3.05) is 34.0 Å². The van der Waals surface area contributed by atoms with E-state index >= 15 is 0 Å². The number of aromatic nitrogens is 1. The average Bonchev–Trinajstić information content (AvgIpc) is 3.46. The molecule has 1 aliphatic heterocycles. The lowest BCUT2D eigenvalue weighted by atomic mass is 9.92. The van der Waals surface area contributed by atoms with E-state index < -0.39 is 24.2 Å². The van der Waals surface area contributed by atoms with Crippen LogP contribution in [0.2, 0.25) is 0 Å². The summed E-state index contributed by atoms with van der Waals surface area (Å²) in [5.74, 6) is -1.00. The second kappa shape index (κ2) is 17.8. The number of carbonyl (C=O) groups excluding carboxylic acids is 3. The first-order chi connectivity index (χ1) is 19.5. The largest absolute Gasteiger partial charge is 0.464 e. The lowest BCUT2D eigenvalue weighted by Crippen LogP contribution is -2.59. The molecular formula is C30H52N4O6S. The van der Waals surface area contributed by atoms with Gasteiger partial charge in [-0.15, -0.1) is 11.3 Å². The Morgan fingerprint density at radius 2 is 1.95 bits per heavy atom. The number of nitrogens with zero attached hydrogens (tertiary/aromatic N) is 3. The first kappa shape index (κ1) is 35.1. The third kappa shape index (κ3) is 10.3. The first-order valence-electron chi connectivity index (χ1n) is 15.2. The summed E-state index contributed by atoms with van der Waals surface area (Å²) < 4.78 is 10.8. The monoisotopic (exact) mass is 596 g/mol. The molecule has 1 unspecified atom stereocenters. The van der Waals surface area contributed by atoms with Crippen LogP contribution in [0.15, 0.2) is 5.38 Å². The summed E-state index contributed by atoms with van der Waals surface area (Å²) in [4.78, 5) is 47.6. The van der Waals surface area contributed by atoms with Crippen LogP contribution in [-0.2, 0) is 19.1 Å². The summed E-state index contributed by atoms with van der Waals surface area (Å²) in [5, 5.41) is 16.2. The molecule has 0 aliphatic carbocycles. The van der Waals surface area contributed by atoms with Crippen LogP contribution in [-0.4, -0.2) is 89.8 Å². The van der Waals surface area contributed by atoms with Gasteiger partial charge in [0, 0.05) is 24.4 Å². The van der Waals surface area contributed by atoms with Gasteiger partial charge in [-0.3, -0.25) is 14.5 Å². The van der Waals surface area contributed by atoms with Crippen LogP contribution in [0, 0.1) is 11.8 Å². The number of rotatable bonds is 17. The number of thiazole rings is 1. The van der Waals surface area contributed by atoms with E-state index in [0.29, 0.717) is 18.0 Å². The molecule has 0 aromatic carbocycles. The van der Waals surface area contributed by atoms with E-state index in [2.05, 4.69) is 22.1 Å². The molecule has 5 atom stereocenters. The summed E-state index contributed by atoms with van der Waals surface area (Å²) in [7, 11) is 3.25. The van der Waals surface area contributed by atoms with Crippen molar-refractivity contribution in [1.82, 2.24) is 20.1 Å². The van der Waals surface area contributed by atoms with E-state index in [1.807, 2.05) is 34.7 Å². The van der Waals surface area contributed by atoms with Crippen LogP contribution in [0.25, 0.3) is 0 Å². The SMILES string of the molecule is CCCCCOCN(C(=O)C(NC(=O)[C@H]1CCCCN1C)[C@@H](C)CC)[C@H](C[C@H](O)c1nc(C(=O)OC)cs1)C(C)C. The van der Waals surface area contributed by atoms with E-state index in [1.54, 1.807) is 10.3 Å². The predicted molar refractivity (Wildman–Crippen MR) is 161 cm³/mol. The van der Waals surface area contributed by atoms with Gasteiger partial charge < -0.3 is 24.8 Å². The second-order valence-electron chi connectivity index (χ2n) is 11.5. The molecule has 234 valence electrons. The highest BCUT2D eigenvalue weighted by molar-refractivity contribution is 7.09. The van der Waals surface area contributed by atoms with Gasteiger partial charge in [-0.25, -0.2) is 9.78 Å². The molecule has 0 spiro atoms. The molecular weight excluding hydrogens is 544 g/mol. The highest BCUT2D eigenvalue weighted by Gasteiger charge is 2.38. The summed E-state index contributed by atoms with van der Waals surface area (Å²) >= 11 is 1.18. The van der Waals surface area contributed by atoms with Gasteiger partial charge in [0.15, 0.2) is 5.69 Å². The normalized spacial score (nSPS) is 18.9. The highest BCUT2D eigenvalue weighted by atomic mass is 32.1. The van der Waals surface area contributed by atoms with Gasteiger partial charge in [0.1, 0.15) is 23.9 Å². The number of carbonyl (C=O) groups is 3. The Balaban J connectivity index is 2.32. The highest BCUT2D eigenvalue weighted by Crippen LogP contribution is 2.29. The zero-order valence-corrected chi connectivity index (χ0v) is 26.9. The molecule has 1 fully saturated rings. The molecule has 2 N–H and O–H groups in total. The van der Waals surface area contributed by atoms with Gasteiger partial charge in [0.2, 0.25) is 11.8 Å². The number of hydrogen-bond donors (Lipinski definition) is 2. The minimum absolute atomic E-state index is 0.0226. The van der Waals surface area contributed by atoms with E-state index in [-0.39, 0.29) is 48.5 Å². The first-order valence-corrected chi connectivity index (χ1v) is 16.0. The number of nitrogens with one attached hydrogen (secondary N) is 1. The molecule has 0 radical (unpaired) electrons. The Kier molecular flexibility index (Phi) is 15.2. The molecule has 1 aromatic heterocycles. The lowest BCUT2D eigenvalue weighted by Gasteiger charge is -2.39. The molecule has 41 heavy (non-hydrogen) atoms. The molecule has 0 saturated carbocycles. The number of unbranched alkanes of at least 4 members (excludes halogenated alkanes) is 2. The molecule has 10 nitrogen and oxygen atoms in total. The third-order valence-electron chi connectivity index (χ3n) is 8.09. The van der Waals surface area contributed by atoms with E-state index in [1.165, 1.54) is 18.4 Å². The van der Waals surface area contributed by atoms with Gasteiger partial charge in [-0.05, 0) is 44.7 Å². The van der Waals surface area contributed by atoms with Crippen LogP contribution in [0.4, 0.5) is 0 Å². The van der Waals surface area contributed by atoms with Crippen LogP contribution in [0.3, 0.4) is 0 Å². The fraction of sp³-hybridized carbons (Fsp3) is 0.800. The number of amides is 2. The van der Waals surface area contributed by atoms with E-state index in [9.17, 15) is 19.5 Å². The van der Waals surface area contributed by atoms with Crippen molar-refractivity contribution >= 4 is 29.1 Å². The van der Waals surface area contributed by atoms with Crippen LogP contribution in [0.5, 0.6) is 0 Å². The average molecular weight is 597 g/mol.